The van der Waals surface area contributed by atoms with Crippen molar-refractivity contribution in [2.45, 2.75) is 6.04 Å². The molecule has 1 fully saturated rings. The normalized spacial score (nSPS) is 19.3. The highest BCUT2D eigenvalue weighted by Crippen LogP contribution is 2.26. The van der Waals surface area contributed by atoms with Crippen molar-refractivity contribution in [2.75, 3.05) is 25.0 Å². The minimum Gasteiger partial charge on any atom is -0.334 e. The van der Waals surface area contributed by atoms with Crippen LogP contribution in [0.2, 0.25) is 0 Å². The van der Waals surface area contributed by atoms with Crippen molar-refractivity contribution in [3.05, 3.63) is 63.2 Å². The Bertz CT molecular complexity index is 914. The summed E-state index contributed by atoms with van der Waals surface area (Å²) in [5.74, 6) is -0.550. The molecule has 1 N–H and O–H groups in total. The molecule has 0 unspecified atom stereocenters. The fourth-order valence-electron chi connectivity index (χ4n) is 3.39. The molecule has 2 aromatic rings. The molecule has 26 heavy (non-hydrogen) atoms. The summed E-state index contributed by atoms with van der Waals surface area (Å²) in [6, 6.07) is 13.7. The van der Waals surface area contributed by atoms with Crippen molar-refractivity contribution >= 4 is 46.0 Å². The smallest absolute Gasteiger partial charge is 0.256 e. The average Bonchev–Trinajstić information content (AvgIpc) is 2.77. The lowest BCUT2D eigenvalue weighted by molar-refractivity contribution is -0.121. The Morgan fingerprint density at radius 2 is 1.77 bits per heavy atom. The number of hydrogen-bond acceptors (Lipinski definition) is 3. The number of carbonyl (C=O) groups is 3. The Hall–Kier alpha value is -2.42. The number of fused-ring (bicyclic) bond motifs is 2. The number of amides is 3. The zero-order valence-corrected chi connectivity index (χ0v) is 16.0. The fraction of sp³-hybridized carbons (Fsp3) is 0.211. The van der Waals surface area contributed by atoms with E-state index in [9.17, 15) is 14.4 Å². The van der Waals surface area contributed by atoms with Crippen LogP contribution in [0.15, 0.2) is 48.5 Å². The number of hydrogen-bond donors (Lipinski definition) is 1. The van der Waals surface area contributed by atoms with Crippen LogP contribution in [0.5, 0.6) is 0 Å². The van der Waals surface area contributed by atoms with Crippen molar-refractivity contribution in [3.63, 3.8) is 0 Å². The second-order valence-corrected chi connectivity index (χ2v) is 7.44. The number of anilines is 1. The largest absolute Gasteiger partial charge is 0.334 e. The van der Waals surface area contributed by atoms with Gasteiger partial charge < -0.3 is 15.1 Å². The van der Waals surface area contributed by atoms with E-state index in [1.165, 1.54) is 0 Å². The fourth-order valence-corrected chi connectivity index (χ4v) is 4.01. The number of carbonyl (C=O) groups excluding carboxylic acids is 3. The Kier molecular flexibility index (Phi) is 4.39. The molecular formula is C19H16IN3O3. The first-order valence-corrected chi connectivity index (χ1v) is 9.39. The van der Waals surface area contributed by atoms with Crippen molar-refractivity contribution < 1.29 is 14.4 Å². The summed E-state index contributed by atoms with van der Waals surface area (Å²) in [5, 5.41) is 2.82. The van der Waals surface area contributed by atoms with E-state index in [4.69, 9.17) is 0 Å². The highest BCUT2D eigenvalue weighted by molar-refractivity contribution is 14.1. The molecule has 0 spiro atoms. The summed E-state index contributed by atoms with van der Waals surface area (Å²) in [5.41, 5.74) is 1.62. The van der Waals surface area contributed by atoms with Crippen LogP contribution >= 0.6 is 22.6 Å². The van der Waals surface area contributed by atoms with E-state index < -0.39 is 6.04 Å². The molecule has 4 rings (SSSR count). The molecule has 1 saturated heterocycles. The van der Waals surface area contributed by atoms with Gasteiger partial charge in [0.05, 0.1) is 23.4 Å². The van der Waals surface area contributed by atoms with Crippen LogP contribution in [0.1, 0.15) is 20.7 Å². The quantitative estimate of drug-likeness (QED) is 0.663. The van der Waals surface area contributed by atoms with E-state index in [2.05, 4.69) is 27.9 Å². The lowest BCUT2D eigenvalue weighted by Gasteiger charge is -2.39. The maximum Gasteiger partial charge on any atom is 0.256 e. The molecule has 0 saturated carbocycles. The third-order valence-corrected chi connectivity index (χ3v) is 5.69. The van der Waals surface area contributed by atoms with Gasteiger partial charge in [-0.1, -0.05) is 24.3 Å². The van der Waals surface area contributed by atoms with Crippen LogP contribution in [0.4, 0.5) is 5.69 Å². The van der Waals surface area contributed by atoms with E-state index in [-0.39, 0.29) is 24.3 Å². The molecule has 0 aromatic heterocycles. The van der Waals surface area contributed by atoms with E-state index in [0.29, 0.717) is 29.9 Å². The van der Waals surface area contributed by atoms with E-state index in [1.807, 2.05) is 18.2 Å². The Balaban J connectivity index is 1.61. The summed E-state index contributed by atoms with van der Waals surface area (Å²) >= 11 is 2.13. The predicted octanol–water partition coefficient (Wildman–Crippen LogP) is 2.21. The summed E-state index contributed by atoms with van der Waals surface area (Å²) in [7, 11) is 0. The van der Waals surface area contributed by atoms with Crippen molar-refractivity contribution in [1.82, 2.24) is 9.80 Å². The number of piperazine rings is 1. The van der Waals surface area contributed by atoms with Gasteiger partial charge in [-0.25, -0.2) is 0 Å². The SMILES string of the molecule is O=C1Nc2ccccc2C(=O)N2CCN(C(=O)c3ccccc3I)C[C@H]12. The summed E-state index contributed by atoms with van der Waals surface area (Å²) in [6.45, 7) is 0.928. The van der Waals surface area contributed by atoms with Crippen molar-refractivity contribution in [2.24, 2.45) is 0 Å². The molecule has 132 valence electrons. The standard InChI is InChI=1S/C19H16IN3O3/c20-14-7-3-1-5-12(14)18(25)22-9-10-23-16(11-22)17(24)21-15-8-4-2-6-13(15)19(23)26/h1-8,16H,9-11H2,(H,21,24)/t16-/m1/s1. The van der Waals surface area contributed by atoms with Crippen LogP contribution in [0, 0.1) is 3.57 Å². The molecule has 0 aliphatic carbocycles. The maximum absolute atomic E-state index is 12.9. The van der Waals surface area contributed by atoms with Gasteiger partial charge in [0.15, 0.2) is 0 Å². The van der Waals surface area contributed by atoms with Crippen LogP contribution in [0.25, 0.3) is 0 Å². The second-order valence-electron chi connectivity index (χ2n) is 6.28. The molecule has 6 nitrogen and oxygen atoms in total. The lowest BCUT2D eigenvalue weighted by Crippen LogP contribution is -2.59. The molecule has 0 bridgehead atoms. The maximum atomic E-state index is 12.9. The second kappa shape index (κ2) is 6.71. The molecule has 2 aliphatic rings. The Morgan fingerprint density at radius 3 is 2.58 bits per heavy atom. The highest BCUT2D eigenvalue weighted by Gasteiger charge is 2.40. The number of benzene rings is 2. The average molecular weight is 461 g/mol. The first-order chi connectivity index (χ1) is 12.6. The van der Waals surface area contributed by atoms with Gasteiger partial charge in [-0.2, -0.15) is 0 Å². The number of halogens is 1. The van der Waals surface area contributed by atoms with Gasteiger partial charge in [0.25, 0.3) is 11.8 Å². The zero-order valence-electron chi connectivity index (χ0n) is 13.8. The van der Waals surface area contributed by atoms with Crippen molar-refractivity contribution in [1.29, 1.82) is 0 Å². The summed E-state index contributed by atoms with van der Waals surface area (Å²) in [6.07, 6.45) is 0. The molecular weight excluding hydrogens is 445 g/mol. The number of nitrogens with one attached hydrogen (secondary N) is 1. The predicted molar refractivity (Wildman–Crippen MR) is 105 cm³/mol. The number of nitrogens with zero attached hydrogens (tertiary/aromatic N) is 2. The Labute approximate surface area is 164 Å². The molecule has 3 amide bonds. The van der Waals surface area contributed by atoms with E-state index in [0.717, 1.165) is 3.57 Å². The zero-order chi connectivity index (χ0) is 18.3. The third-order valence-electron chi connectivity index (χ3n) is 4.75. The molecule has 2 aliphatic heterocycles. The monoisotopic (exact) mass is 461 g/mol. The van der Waals surface area contributed by atoms with Gasteiger partial charge >= 0.3 is 0 Å². The van der Waals surface area contributed by atoms with Gasteiger partial charge in [-0.15, -0.1) is 0 Å². The summed E-state index contributed by atoms with van der Waals surface area (Å²) in [4.78, 5) is 41.6. The number of para-hydroxylation sites is 1. The lowest BCUT2D eigenvalue weighted by atomic mass is 10.1. The van der Waals surface area contributed by atoms with E-state index >= 15 is 0 Å². The molecule has 0 radical (unpaired) electrons. The topological polar surface area (TPSA) is 69.7 Å². The van der Waals surface area contributed by atoms with Gasteiger partial charge in [-0.3, -0.25) is 14.4 Å². The minimum atomic E-state index is -0.686. The van der Waals surface area contributed by atoms with Crippen LogP contribution < -0.4 is 5.32 Å². The number of rotatable bonds is 1. The molecule has 7 heteroatoms. The van der Waals surface area contributed by atoms with Crippen molar-refractivity contribution in [3.8, 4) is 0 Å². The van der Waals surface area contributed by atoms with Gasteiger partial charge in [0.1, 0.15) is 6.04 Å². The van der Waals surface area contributed by atoms with Gasteiger partial charge in [-0.05, 0) is 46.9 Å². The Morgan fingerprint density at radius 1 is 1.04 bits per heavy atom. The molecule has 1 atom stereocenters. The van der Waals surface area contributed by atoms with Gasteiger partial charge in [0, 0.05) is 16.7 Å². The summed E-state index contributed by atoms with van der Waals surface area (Å²) < 4.78 is 0.867. The van der Waals surface area contributed by atoms with Crippen LogP contribution in [0.3, 0.4) is 0 Å². The van der Waals surface area contributed by atoms with Crippen LogP contribution in [-0.4, -0.2) is 53.2 Å². The third kappa shape index (κ3) is 2.86. The highest BCUT2D eigenvalue weighted by atomic mass is 127. The molecule has 2 heterocycles. The van der Waals surface area contributed by atoms with Gasteiger partial charge in [0.2, 0.25) is 5.91 Å². The molecule has 2 aromatic carbocycles. The minimum absolute atomic E-state index is 0.114. The first-order valence-electron chi connectivity index (χ1n) is 8.31. The van der Waals surface area contributed by atoms with Crippen LogP contribution in [-0.2, 0) is 4.79 Å². The van der Waals surface area contributed by atoms with E-state index in [1.54, 1.807) is 40.1 Å². The first kappa shape index (κ1) is 17.0.